The summed E-state index contributed by atoms with van der Waals surface area (Å²) in [7, 11) is 1.78. The minimum Gasteiger partial charge on any atom is -0.445 e. The van der Waals surface area contributed by atoms with Crippen molar-refractivity contribution in [3.63, 3.8) is 0 Å². The maximum atomic E-state index is 14.6. The zero-order chi connectivity index (χ0) is 29.2. The lowest BCUT2D eigenvalue weighted by Crippen LogP contribution is -2.63. The van der Waals surface area contributed by atoms with Crippen molar-refractivity contribution in [2.24, 2.45) is 45.8 Å². The van der Waals surface area contributed by atoms with Gasteiger partial charge in [0.15, 0.2) is 0 Å². The first-order valence-corrected chi connectivity index (χ1v) is 15.7. The molecule has 5 aliphatic rings. The van der Waals surface area contributed by atoms with Gasteiger partial charge in [0.2, 0.25) is 5.91 Å². The van der Waals surface area contributed by atoms with Crippen LogP contribution in [-0.2, 0) is 25.5 Å². The van der Waals surface area contributed by atoms with Crippen LogP contribution in [0.2, 0.25) is 0 Å². The number of Topliss-reactive ketones (excluding diaryl/α,β-unsaturated/α-hetero) is 1. The number of ketones is 1. The molecule has 0 aromatic carbocycles. The van der Waals surface area contributed by atoms with E-state index >= 15 is 0 Å². The molecule has 3 saturated carbocycles. The average molecular weight is 566 g/mol. The fourth-order valence-corrected chi connectivity index (χ4v) is 10.2. The van der Waals surface area contributed by atoms with Crippen LogP contribution in [0.3, 0.4) is 0 Å². The Bertz CT molecular complexity index is 1190. The molecular weight excluding hydrogens is 518 g/mol. The number of carbonyl (C=O) groups excluding carboxylic acids is 3. The van der Waals surface area contributed by atoms with Crippen molar-refractivity contribution in [1.82, 2.24) is 15.2 Å². The molecule has 8 heteroatoms. The lowest BCUT2D eigenvalue weighted by Gasteiger charge is -2.61. The molecule has 11 atom stereocenters. The van der Waals surface area contributed by atoms with Crippen LogP contribution >= 0.6 is 0 Å². The van der Waals surface area contributed by atoms with Gasteiger partial charge in [0, 0.05) is 55.3 Å². The van der Waals surface area contributed by atoms with Gasteiger partial charge in [-0.3, -0.25) is 19.9 Å². The third-order valence-electron chi connectivity index (χ3n) is 12.6. The SMILES string of the molecule is COC1CCC23CC[C@@H](C)[C@](C)(C12)[C@H](OC(=O)NC(=O)[C@H]1CN2CC[C@@H]1C2)C[C@@](C)(Cc1ccncc1)C(=O)[C@@H]3C. The summed E-state index contributed by atoms with van der Waals surface area (Å²) in [5, 5.41) is 2.63. The predicted octanol–water partition coefficient (Wildman–Crippen LogP) is 4.66. The predicted molar refractivity (Wildman–Crippen MR) is 154 cm³/mol. The van der Waals surface area contributed by atoms with Gasteiger partial charge in [-0.1, -0.05) is 27.7 Å². The summed E-state index contributed by atoms with van der Waals surface area (Å²) in [4.78, 5) is 47.8. The van der Waals surface area contributed by atoms with Gasteiger partial charge in [-0.2, -0.15) is 0 Å². The number of fused-ring (bicyclic) bond motifs is 2. The van der Waals surface area contributed by atoms with Crippen molar-refractivity contribution in [3.8, 4) is 0 Å². The molecule has 6 rings (SSSR count). The number of aromatic nitrogens is 1. The number of rotatable bonds is 5. The number of nitrogens with zero attached hydrogens (tertiary/aromatic N) is 2. The molecule has 2 aliphatic heterocycles. The minimum absolute atomic E-state index is 0.00133. The summed E-state index contributed by atoms with van der Waals surface area (Å²) in [6.07, 6.45) is 8.06. The number of amides is 2. The number of imide groups is 1. The van der Waals surface area contributed by atoms with Gasteiger partial charge in [-0.15, -0.1) is 0 Å². The number of hydrogen-bond acceptors (Lipinski definition) is 7. The second-order valence-corrected chi connectivity index (χ2v) is 14.5. The van der Waals surface area contributed by atoms with Crippen molar-refractivity contribution < 1.29 is 23.9 Å². The molecule has 1 N–H and O–H groups in total. The van der Waals surface area contributed by atoms with E-state index < -0.39 is 23.0 Å². The first-order chi connectivity index (χ1) is 19.5. The third-order valence-corrected chi connectivity index (χ3v) is 12.6. The van der Waals surface area contributed by atoms with Crippen LogP contribution < -0.4 is 5.32 Å². The number of ether oxygens (including phenoxy) is 2. The second kappa shape index (κ2) is 10.4. The Morgan fingerprint density at radius 3 is 2.49 bits per heavy atom. The first kappa shape index (κ1) is 28.8. The van der Waals surface area contributed by atoms with Crippen molar-refractivity contribution in [2.75, 3.05) is 26.7 Å². The zero-order valence-corrected chi connectivity index (χ0v) is 25.4. The van der Waals surface area contributed by atoms with Crippen molar-refractivity contribution in [3.05, 3.63) is 30.1 Å². The number of nitrogens with one attached hydrogen (secondary N) is 1. The van der Waals surface area contributed by atoms with E-state index in [1.54, 1.807) is 19.5 Å². The Morgan fingerprint density at radius 1 is 1.10 bits per heavy atom. The molecule has 4 bridgehead atoms. The van der Waals surface area contributed by atoms with E-state index in [1.165, 1.54) is 0 Å². The second-order valence-electron chi connectivity index (χ2n) is 14.5. The number of carbonyl (C=O) groups is 3. The lowest BCUT2D eigenvalue weighted by atomic mass is 9.43. The maximum absolute atomic E-state index is 14.6. The first-order valence-electron chi connectivity index (χ1n) is 15.7. The van der Waals surface area contributed by atoms with E-state index in [0.29, 0.717) is 25.3 Å². The zero-order valence-electron chi connectivity index (χ0n) is 25.4. The number of hydrogen-bond donors (Lipinski definition) is 1. The summed E-state index contributed by atoms with van der Waals surface area (Å²) in [6.45, 7) is 11.4. The van der Waals surface area contributed by atoms with Crippen molar-refractivity contribution in [1.29, 1.82) is 0 Å². The van der Waals surface area contributed by atoms with Gasteiger partial charge in [0.05, 0.1) is 12.0 Å². The summed E-state index contributed by atoms with van der Waals surface area (Å²) < 4.78 is 12.5. The third kappa shape index (κ3) is 4.55. The van der Waals surface area contributed by atoms with E-state index in [9.17, 15) is 14.4 Å². The van der Waals surface area contributed by atoms with Gasteiger partial charge in [-0.05, 0) is 86.4 Å². The fourth-order valence-electron chi connectivity index (χ4n) is 10.2. The normalized spacial score (nSPS) is 45.0. The molecule has 224 valence electrons. The highest BCUT2D eigenvalue weighted by Gasteiger charge is 2.68. The van der Waals surface area contributed by atoms with Crippen LogP contribution in [0.15, 0.2) is 24.5 Å². The highest BCUT2D eigenvalue weighted by Crippen LogP contribution is 2.68. The van der Waals surface area contributed by atoms with Crippen LogP contribution in [0.5, 0.6) is 0 Å². The Balaban J connectivity index is 1.36. The van der Waals surface area contributed by atoms with Gasteiger partial charge in [0.1, 0.15) is 11.9 Å². The topological polar surface area (TPSA) is 97.8 Å². The minimum atomic E-state index is -0.741. The Kier molecular flexibility index (Phi) is 7.33. The van der Waals surface area contributed by atoms with Crippen LogP contribution in [0.4, 0.5) is 4.79 Å². The van der Waals surface area contributed by atoms with E-state index in [4.69, 9.17) is 9.47 Å². The van der Waals surface area contributed by atoms with Crippen LogP contribution in [0, 0.1) is 45.8 Å². The molecule has 8 nitrogen and oxygen atoms in total. The number of pyridine rings is 1. The monoisotopic (exact) mass is 565 g/mol. The highest BCUT2D eigenvalue weighted by atomic mass is 16.6. The van der Waals surface area contributed by atoms with Crippen molar-refractivity contribution in [2.45, 2.75) is 84.8 Å². The van der Waals surface area contributed by atoms with Crippen LogP contribution in [-0.4, -0.2) is 66.6 Å². The number of methoxy groups -OCH3 is 1. The molecule has 5 fully saturated rings. The van der Waals surface area contributed by atoms with Gasteiger partial charge in [0.25, 0.3) is 0 Å². The quantitative estimate of drug-likeness (QED) is 0.555. The Labute approximate surface area is 244 Å². The molecule has 3 heterocycles. The molecule has 41 heavy (non-hydrogen) atoms. The van der Waals surface area contributed by atoms with E-state index in [-0.39, 0.29) is 46.9 Å². The van der Waals surface area contributed by atoms with Crippen molar-refractivity contribution >= 4 is 17.8 Å². The molecule has 1 aromatic heterocycles. The van der Waals surface area contributed by atoms with Gasteiger partial charge < -0.3 is 14.4 Å². The maximum Gasteiger partial charge on any atom is 0.414 e. The molecular formula is C33H47N3O5. The summed E-state index contributed by atoms with van der Waals surface area (Å²) >= 11 is 0. The summed E-state index contributed by atoms with van der Waals surface area (Å²) in [5.74, 6) is 0.365. The number of alkyl carbamates (subject to hydrolysis) is 1. The fraction of sp³-hybridized carbons (Fsp3) is 0.758. The Morgan fingerprint density at radius 2 is 1.83 bits per heavy atom. The molecule has 1 aromatic rings. The van der Waals surface area contributed by atoms with Crippen LogP contribution in [0.25, 0.3) is 0 Å². The van der Waals surface area contributed by atoms with E-state index in [1.807, 2.05) is 12.1 Å². The van der Waals surface area contributed by atoms with Gasteiger partial charge in [-0.25, -0.2) is 4.79 Å². The highest BCUT2D eigenvalue weighted by molar-refractivity contribution is 5.94. The molecule has 2 saturated heterocycles. The van der Waals surface area contributed by atoms with Crippen LogP contribution in [0.1, 0.15) is 71.8 Å². The van der Waals surface area contributed by atoms with E-state index in [2.05, 4.69) is 42.9 Å². The summed E-state index contributed by atoms with van der Waals surface area (Å²) in [5.41, 5.74) is -0.311. The lowest BCUT2D eigenvalue weighted by molar-refractivity contribution is -0.192. The summed E-state index contributed by atoms with van der Waals surface area (Å²) in [6, 6.07) is 3.94. The molecule has 4 unspecified atom stereocenters. The Hall–Kier alpha value is -2.32. The van der Waals surface area contributed by atoms with Gasteiger partial charge >= 0.3 is 6.09 Å². The number of piperidine rings is 1. The van der Waals surface area contributed by atoms with E-state index in [0.717, 1.165) is 50.8 Å². The molecule has 2 amide bonds. The largest absolute Gasteiger partial charge is 0.445 e. The smallest absolute Gasteiger partial charge is 0.414 e. The molecule has 0 radical (unpaired) electrons. The molecule has 3 aliphatic carbocycles. The standard InChI is InChI=1S/C33H47N3O5/c1-20-6-11-33-12-7-25(40-5)27(33)32(20,4)26(41-30(39)35-29(38)24-19-36-15-10-23(24)18-36)17-31(3,28(37)21(33)2)16-22-8-13-34-14-9-22/h8-9,13-14,20-21,23-27H,6-7,10-12,15-19H2,1-5H3,(H,35,38,39)/t20-,21+,23-,24+,25?,26-,27?,31-,32+,33?/m1/s1. The molecule has 0 spiro atoms. The average Bonchev–Trinajstić information content (AvgIpc) is 3.69.